The highest BCUT2D eigenvalue weighted by molar-refractivity contribution is 5.37. The molecule has 2 rings (SSSR count). The molecule has 1 aromatic heterocycles. The van der Waals surface area contributed by atoms with E-state index in [1.54, 1.807) is 31.2 Å². The summed E-state index contributed by atoms with van der Waals surface area (Å²) in [7, 11) is 0. The molecular formula is C10H8F3N3. The van der Waals surface area contributed by atoms with E-state index in [9.17, 15) is 13.2 Å². The van der Waals surface area contributed by atoms with Gasteiger partial charge in [-0.2, -0.15) is 23.1 Å². The zero-order valence-electron chi connectivity index (χ0n) is 8.36. The number of para-hydroxylation sites is 1. The van der Waals surface area contributed by atoms with Crippen molar-refractivity contribution in [1.29, 1.82) is 0 Å². The summed E-state index contributed by atoms with van der Waals surface area (Å²) >= 11 is 0. The van der Waals surface area contributed by atoms with Crippen molar-refractivity contribution in [3.8, 4) is 5.69 Å². The van der Waals surface area contributed by atoms with Crippen LogP contribution in [0.4, 0.5) is 13.2 Å². The summed E-state index contributed by atoms with van der Waals surface area (Å²) in [6.45, 7) is 1.78. The maximum Gasteiger partial charge on any atom is 0.436 e. The Morgan fingerprint density at radius 1 is 1.19 bits per heavy atom. The van der Waals surface area contributed by atoms with E-state index in [-0.39, 0.29) is 0 Å². The molecule has 0 fully saturated rings. The van der Waals surface area contributed by atoms with Gasteiger partial charge in [0.15, 0.2) is 5.69 Å². The minimum absolute atomic E-state index is 0.540. The molecule has 0 amide bonds. The van der Waals surface area contributed by atoms with Crippen molar-refractivity contribution in [1.82, 2.24) is 15.0 Å². The summed E-state index contributed by atoms with van der Waals surface area (Å²) in [6, 6.07) is 6.97. The van der Waals surface area contributed by atoms with E-state index in [0.717, 1.165) is 10.4 Å². The van der Waals surface area contributed by atoms with E-state index in [1.807, 2.05) is 0 Å². The second-order valence-corrected chi connectivity index (χ2v) is 3.30. The topological polar surface area (TPSA) is 30.7 Å². The summed E-state index contributed by atoms with van der Waals surface area (Å²) in [5, 5.41) is 6.99. The van der Waals surface area contributed by atoms with Crippen LogP contribution in [0.25, 0.3) is 5.69 Å². The van der Waals surface area contributed by atoms with E-state index >= 15 is 0 Å². The van der Waals surface area contributed by atoms with Crippen LogP contribution in [0.1, 0.15) is 11.3 Å². The van der Waals surface area contributed by atoms with Crippen LogP contribution in [0.3, 0.4) is 0 Å². The maximum absolute atomic E-state index is 12.3. The monoisotopic (exact) mass is 227 g/mol. The molecule has 16 heavy (non-hydrogen) atoms. The Balaban J connectivity index is 2.44. The van der Waals surface area contributed by atoms with Gasteiger partial charge >= 0.3 is 6.18 Å². The largest absolute Gasteiger partial charge is 0.436 e. The van der Waals surface area contributed by atoms with Crippen LogP contribution in [-0.4, -0.2) is 15.0 Å². The van der Waals surface area contributed by atoms with Gasteiger partial charge in [0.2, 0.25) is 0 Å². The Bertz CT molecular complexity index is 502. The minimum Gasteiger partial charge on any atom is -0.164 e. The second kappa shape index (κ2) is 3.62. The Kier molecular flexibility index (Phi) is 2.41. The highest BCUT2D eigenvalue weighted by Gasteiger charge is 2.34. The number of benzene rings is 1. The molecule has 0 N–H and O–H groups in total. The number of hydrogen-bond acceptors (Lipinski definition) is 2. The van der Waals surface area contributed by atoms with Crippen LogP contribution >= 0.6 is 0 Å². The van der Waals surface area contributed by atoms with E-state index in [0.29, 0.717) is 11.9 Å². The lowest BCUT2D eigenvalue weighted by atomic mass is 10.2. The molecule has 0 saturated carbocycles. The van der Waals surface area contributed by atoms with Gasteiger partial charge < -0.3 is 0 Å². The molecule has 84 valence electrons. The number of aromatic nitrogens is 3. The number of nitrogens with zero attached hydrogens (tertiary/aromatic N) is 3. The molecule has 0 atom stereocenters. The highest BCUT2D eigenvalue weighted by atomic mass is 19.4. The first-order valence-corrected chi connectivity index (χ1v) is 4.54. The predicted octanol–water partition coefficient (Wildman–Crippen LogP) is 2.59. The zero-order valence-corrected chi connectivity index (χ0v) is 8.36. The highest BCUT2D eigenvalue weighted by Crippen LogP contribution is 2.27. The summed E-state index contributed by atoms with van der Waals surface area (Å²) in [6.07, 6.45) is -3.74. The SMILES string of the molecule is Cc1ccccc1-n1ncc(C(F)(F)F)n1. The van der Waals surface area contributed by atoms with Crippen LogP contribution in [0.15, 0.2) is 30.5 Å². The van der Waals surface area contributed by atoms with Crippen LogP contribution < -0.4 is 0 Å². The van der Waals surface area contributed by atoms with Gasteiger partial charge in [0.05, 0.1) is 11.9 Å². The lowest BCUT2D eigenvalue weighted by Crippen LogP contribution is -2.08. The molecule has 1 aromatic carbocycles. The van der Waals surface area contributed by atoms with Gasteiger partial charge in [0, 0.05) is 0 Å². The molecule has 0 radical (unpaired) electrons. The second-order valence-electron chi connectivity index (χ2n) is 3.30. The molecule has 0 aliphatic rings. The van der Waals surface area contributed by atoms with Crippen molar-refractivity contribution in [3.05, 3.63) is 41.7 Å². The van der Waals surface area contributed by atoms with Gasteiger partial charge in [-0.3, -0.25) is 0 Å². The van der Waals surface area contributed by atoms with Gasteiger partial charge in [-0.25, -0.2) is 0 Å². The quantitative estimate of drug-likeness (QED) is 0.749. The normalized spacial score (nSPS) is 11.8. The molecular weight excluding hydrogens is 219 g/mol. The average Bonchev–Trinajstić information content (AvgIpc) is 2.66. The van der Waals surface area contributed by atoms with Crippen molar-refractivity contribution in [2.75, 3.05) is 0 Å². The molecule has 6 heteroatoms. The fraction of sp³-hybridized carbons (Fsp3) is 0.200. The number of aryl methyl sites for hydroxylation is 1. The van der Waals surface area contributed by atoms with Gasteiger partial charge in [-0.1, -0.05) is 18.2 Å². The van der Waals surface area contributed by atoms with Gasteiger partial charge in [0.25, 0.3) is 0 Å². The summed E-state index contributed by atoms with van der Waals surface area (Å²) < 4.78 is 36.9. The Hall–Kier alpha value is -1.85. The van der Waals surface area contributed by atoms with Crippen LogP contribution in [0.2, 0.25) is 0 Å². The third-order valence-corrected chi connectivity index (χ3v) is 2.11. The summed E-state index contributed by atoms with van der Waals surface area (Å²) in [5.74, 6) is 0. The lowest BCUT2D eigenvalue weighted by molar-refractivity contribution is -0.141. The predicted molar refractivity (Wildman–Crippen MR) is 51.1 cm³/mol. The van der Waals surface area contributed by atoms with Gasteiger partial charge in [-0.15, -0.1) is 5.10 Å². The van der Waals surface area contributed by atoms with E-state index < -0.39 is 11.9 Å². The van der Waals surface area contributed by atoms with Crippen molar-refractivity contribution in [2.45, 2.75) is 13.1 Å². The number of rotatable bonds is 1. The smallest absolute Gasteiger partial charge is 0.164 e. The Morgan fingerprint density at radius 2 is 1.88 bits per heavy atom. The zero-order chi connectivity index (χ0) is 11.8. The minimum atomic E-state index is -4.46. The van der Waals surface area contributed by atoms with Crippen LogP contribution in [0, 0.1) is 6.92 Å². The molecule has 0 saturated heterocycles. The fourth-order valence-electron chi connectivity index (χ4n) is 1.30. The van der Waals surface area contributed by atoms with Gasteiger partial charge in [-0.05, 0) is 18.6 Å². The number of alkyl halides is 3. The maximum atomic E-state index is 12.3. The van der Waals surface area contributed by atoms with Gasteiger partial charge in [0.1, 0.15) is 0 Å². The van der Waals surface area contributed by atoms with Crippen LogP contribution in [-0.2, 0) is 6.18 Å². The van der Waals surface area contributed by atoms with E-state index in [2.05, 4.69) is 10.2 Å². The third kappa shape index (κ3) is 1.91. The molecule has 0 spiro atoms. The Morgan fingerprint density at radius 3 is 2.44 bits per heavy atom. The molecule has 0 bridgehead atoms. The van der Waals surface area contributed by atoms with E-state index in [4.69, 9.17) is 0 Å². The molecule has 2 aromatic rings. The summed E-state index contributed by atoms with van der Waals surface area (Å²) in [5.41, 5.74) is 0.362. The van der Waals surface area contributed by atoms with Crippen molar-refractivity contribution < 1.29 is 13.2 Å². The summed E-state index contributed by atoms with van der Waals surface area (Å²) in [4.78, 5) is 0.984. The average molecular weight is 227 g/mol. The molecule has 0 aliphatic heterocycles. The first kappa shape index (κ1) is 10.7. The standard InChI is InChI=1S/C10H8F3N3/c1-7-4-2-3-5-8(7)16-14-6-9(15-16)10(11,12)13/h2-6H,1H3. The molecule has 3 nitrogen and oxygen atoms in total. The first-order chi connectivity index (χ1) is 7.48. The number of halogens is 3. The molecule has 0 aliphatic carbocycles. The lowest BCUT2D eigenvalue weighted by Gasteiger charge is -2.03. The molecule has 0 unspecified atom stereocenters. The number of hydrogen-bond donors (Lipinski definition) is 0. The third-order valence-electron chi connectivity index (χ3n) is 2.11. The van der Waals surface area contributed by atoms with Crippen LogP contribution in [0.5, 0.6) is 0 Å². The Labute approximate surface area is 89.5 Å². The first-order valence-electron chi connectivity index (χ1n) is 4.54. The fourth-order valence-corrected chi connectivity index (χ4v) is 1.30. The van der Waals surface area contributed by atoms with Crippen molar-refractivity contribution in [3.63, 3.8) is 0 Å². The molecule has 1 heterocycles. The van der Waals surface area contributed by atoms with E-state index in [1.165, 1.54) is 0 Å². The van der Waals surface area contributed by atoms with Crippen molar-refractivity contribution >= 4 is 0 Å². The van der Waals surface area contributed by atoms with Crippen molar-refractivity contribution in [2.24, 2.45) is 0 Å².